The third kappa shape index (κ3) is 10.6. The molecule has 0 saturated heterocycles. The molecule has 0 radical (unpaired) electrons. The molecule has 0 spiro atoms. The van der Waals surface area contributed by atoms with Crippen LogP contribution < -0.4 is 4.90 Å². The summed E-state index contributed by atoms with van der Waals surface area (Å²) >= 11 is 1.87. The lowest BCUT2D eigenvalue weighted by molar-refractivity contribution is 0.668. The summed E-state index contributed by atoms with van der Waals surface area (Å²) in [5.41, 5.74) is 26.1. The molecule has 0 amide bonds. The lowest BCUT2D eigenvalue weighted by Gasteiger charge is -2.25. The van der Waals surface area contributed by atoms with E-state index in [4.69, 9.17) is 17.7 Å². The third-order valence-corrected chi connectivity index (χ3v) is 29.9. The highest BCUT2D eigenvalue weighted by atomic mass is 32.1. The molecule has 135 heavy (non-hydrogen) atoms. The van der Waals surface area contributed by atoms with Crippen molar-refractivity contribution in [3.63, 3.8) is 0 Å². The maximum absolute atomic E-state index is 6.54. The molecule has 0 N–H and O–H groups in total. The van der Waals surface area contributed by atoms with Gasteiger partial charge >= 0.3 is 0 Å². The van der Waals surface area contributed by atoms with Crippen LogP contribution in [0.2, 0.25) is 0 Å². The van der Waals surface area contributed by atoms with Gasteiger partial charge in [0, 0.05) is 130 Å². The van der Waals surface area contributed by atoms with Crippen molar-refractivity contribution in [1.29, 1.82) is 0 Å². The van der Waals surface area contributed by atoms with Crippen LogP contribution in [0.1, 0.15) is 0 Å². The minimum Gasteiger partial charge on any atom is -0.456 e. The second kappa shape index (κ2) is 28.4. The van der Waals surface area contributed by atoms with Gasteiger partial charge in [-0.1, -0.05) is 267 Å². The van der Waals surface area contributed by atoms with Crippen molar-refractivity contribution in [3.8, 4) is 39.3 Å². The summed E-state index contributed by atoms with van der Waals surface area (Å²) in [7, 11) is 0. The molecule has 626 valence electrons. The molecule has 0 bridgehead atoms. The molecule has 0 saturated carbocycles. The summed E-state index contributed by atoms with van der Waals surface area (Å²) in [6.07, 6.45) is 0. The molecule has 8 aromatic heterocycles. The molecule has 0 fully saturated rings. The average molecular weight is 1740 g/mol. The van der Waals surface area contributed by atoms with Crippen molar-refractivity contribution < 1.29 is 17.7 Å². The van der Waals surface area contributed by atoms with Gasteiger partial charge in [0.05, 0.1) is 33.1 Å². The molecule has 8 heterocycles. The number of benzene rings is 21. The predicted molar refractivity (Wildman–Crippen MR) is 568 cm³/mol. The number of fused-ring (bicyclic) bond motifs is 15. The number of hydrogen-bond donors (Lipinski definition) is 0. The Hall–Kier alpha value is -17.8. The Labute approximate surface area is 773 Å². The van der Waals surface area contributed by atoms with Crippen LogP contribution in [0.3, 0.4) is 0 Å². The first-order valence-corrected chi connectivity index (χ1v) is 46.9. The van der Waals surface area contributed by atoms with E-state index >= 15 is 0 Å². The Morgan fingerprint density at radius 2 is 0.459 bits per heavy atom. The number of hydrogen-bond acceptors (Lipinski definition) is 6. The Bertz CT molecular complexity index is 10100. The predicted octanol–water partition coefficient (Wildman–Crippen LogP) is 36.4. The van der Waals surface area contributed by atoms with Crippen LogP contribution >= 0.6 is 11.3 Å². The summed E-state index contributed by atoms with van der Waals surface area (Å²) in [4.78, 5) is 2.30. The number of para-hydroxylation sites is 3. The summed E-state index contributed by atoms with van der Waals surface area (Å²) in [6, 6.07) is 157. The topological polar surface area (TPSA) is 70.6 Å². The molecule has 8 nitrogen and oxygen atoms in total. The van der Waals surface area contributed by atoms with Gasteiger partial charge in [0.2, 0.25) is 0 Å². The molecular weight excluding hydrogens is 1670 g/mol. The van der Waals surface area contributed by atoms with Crippen LogP contribution in [-0.4, -0.2) is 13.7 Å². The minimum absolute atomic E-state index is 0.905. The Morgan fingerprint density at radius 3 is 0.904 bits per heavy atom. The zero-order valence-corrected chi connectivity index (χ0v) is 73.2. The zero-order valence-electron chi connectivity index (χ0n) is 72.4. The van der Waals surface area contributed by atoms with Crippen LogP contribution in [0.5, 0.6) is 0 Å². The van der Waals surface area contributed by atoms with E-state index in [0.29, 0.717) is 0 Å². The van der Waals surface area contributed by atoms with E-state index in [2.05, 4.69) is 443 Å². The van der Waals surface area contributed by atoms with Crippen LogP contribution in [0, 0.1) is 0 Å². The van der Waals surface area contributed by atoms with Gasteiger partial charge in [0.15, 0.2) is 0 Å². The molecule has 0 unspecified atom stereocenters. The maximum Gasteiger partial charge on any atom is 0.136 e. The second-order valence-electron chi connectivity index (χ2n) is 35.8. The van der Waals surface area contributed by atoms with Gasteiger partial charge in [-0.25, -0.2) is 0 Å². The van der Waals surface area contributed by atoms with E-state index in [1.807, 2.05) is 23.5 Å². The van der Waals surface area contributed by atoms with E-state index in [1.165, 1.54) is 199 Å². The summed E-state index contributed by atoms with van der Waals surface area (Å²) < 4.78 is 35.8. The summed E-state index contributed by atoms with van der Waals surface area (Å²) in [5.74, 6) is 0. The van der Waals surface area contributed by atoms with Crippen LogP contribution in [-0.2, 0) is 0 Å². The number of furan rings is 4. The Balaban J connectivity index is 0.0000000964. The van der Waals surface area contributed by atoms with Crippen molar-refractivity contribution in [2.75, 3.05) is 4.90 Å². The van der Waals surface area contributed by atoms with Crippen molar-refractivity contribution in [3.05, 3.63) is 437 Å². The van der Waals surface area contributed by atoms with E-state index < -0.39 is 0 Å². The molecule has 0 aliphatic carbocycles. The maximum atomic E-state index is 6.54. The molecule has 32 rings (SSSR count). The molecule has 0 aliphatic rings. The highest BCUT2D eigenvalue weighted by Gasteiger charge is 2.29. The lowest BCUT2D eigenvalue weighted by atomic mass is 9.95. The van der Waals surface area contributed by atoms with Gasteiger partial charge in [-0.2, -0.15) is 0 Å². The highest BCUT2D eigenvalue weighted by molar-refractivity contribution is 7.26. The van der Waals surface area contributed by atoms with Gasteiger partial charge in [0.25, 0.3) is 0 Å². The van der Waals surface area contributed by atoms with Gasteiger partial charge in [-0.05, 0) is 257 Å². The minimum atomic E-state index is 0.905. The normalized spacial score (nSPS) is 12.3. The largest absolute Gasteiger partial charge is 0.456 e. The number of rotatable bonds is 8. The van der Waals surface area contributed by atoms with Crippen molar-refractivity contribution >= 4 is 266 Å². The standard InChI is InChI=1S/C42H26N2O.C42H23NO2.C42H23NOS/c1-3-11-27(12-4-1)43(28-13-5-2-6-14-28)29-21-23-30(24-22-29)44-35-19-9-17-33-31-15-7-8-16-32(31)34-18-10-20-37-40(34)42-38(45-37)26-25-36(44)41(42)39(33)35;1-2-12-28-27(11-1)29-15-6-17-32-39(29)41-33(21-22-37-42(41)40-30(28)16-8-20-36(40)45-37)43(32)25-10-5-9-24(23-25)26-14-7-19-35-38(26)31-13-3-4-18-34(31)44-35;1-2-12-28-27(11-1)29-15-6-17-32-39(29)41-33(21-22-35-42(41)40-30(28)16-7-18-34(40)44-35)43(32)25-10-5-9-24(23-25)26-14-8-20-37-38(26)31-13-3-4-19-36(31)45-37/h1-26H;2*1-23H. The van der Waals surface area contributed by atoms with Crippen molar-refractivity contribution in [2.45, 2.75) is 0 Å². The molecule has 9 heteroatoms. The first kappa shape index (κ1) is 74.1. The van der Waals surface area contributed by atoms with E-state index in [9.17, 15) is 0 Å². The summed E-state index contributed by atoms with van der Waals surface area (Å²) in [6.45, 7) is 0. The fraction of sp³-hybridized carbons (Fsp3) is 0. The summed E-state index contributed by atoms with van der Waals surface area (Å²) in [5, 5.41) is 34.5. The lowest BCUT2D eigenvalue weighted by Crippen LogP contribution is -2.09. The quantitative estimate of drug-likeness (QED) is 0.152. The van der Waals surface area contributed by atoms with Crippen LogP contribution in [0.15, 0.2) is 454 Å². The molecular formula is C126H72N4O4S. The van der Waals surface area contributed by atoms with E-state index in [-0.39, 0.29) is 0 Å². The fourth-order valence-electron chi connectivity index (χ4n) is 23.4. The molecule has 0 atom stereocenters. The fourth-order valence-corrected chi connectivity index (χ4v) is 24.5. The average Bonchev–Trinajstić information content (AvgIpc) is 1.54. The van der Waals surface area contributed by atoms with Crippen LogP contribution in [0.4, 0.5) is 17.1 Å². The van der Waals surface area contributed by atoms with Gasteiger partial charge in [0.1, 0.15) is 44.7 Å². The number of anilines is 3. The third-order valence-electron chi connectivity index (χ3n) is 28.8. The molecule has 0 aliphatic heterocycles. The SMILES string of the molecule is c1cc(-c2cccc3oc4ccccc4c23)cc(-n2c3cccc4c5ccccc5c5cccc6oc7ccc2c(c7c65)c43)c1.c1cc(-c2cccc3sc4ccccc4c23)cc(-n2c3cccc4c5ccccc5c5cccc6oc7ccc2c(c7c65)c43)c1.c1ccc(N(c2ccccc2)c2ccc(-n3c4cccc5c6ccccc6c6cccc7oc8ccc3c(c8c76)c54)cc2)cc1. The van der Waals surface area contributed by atoms with Crippen LogP contribution in [0.25, 0.3) is 277 Å². The van der Waals surface area contributed by atoms with Gasteiger partial charge < -0.3 is 36.3 Å². The second-order valence-corrected chi connectivity index (χ2v) is 36.8. The highest BCUT2D eigenvalue weighted by Crippen LogP contribution is 2.54. The van der Waals surface area contributed by atoms with Gasteiger partial charge in [-0.15, -0.1) is 11.3 Å². The first-order valence-electron chi connectivity index (χ1n) is 46.1. The number of aromatic nitrogens is 3. The monoisotopic (exact) mass is 1740 g/mol. The van der Waals surface area contributed by atoms with Crippen molar-refractivity contribution in [1.82, 2.24) is 13.7 Å². The number of nitrogens with zero attached hydrogens (tertiary/aromatic N) is 4. The van der Waals surface area contributed by atoms with E-state index in [0.717, 1.165) is 95.1 Å². The zero-order chi connectivity index (χ0) is 87.9. The van der Waals surface area contributed by atoms with E-state index in [1.54, 1.807) is 0 Å². The smallest absolute Gasteiger partial charge is 0.136 e. The Kier molecular flexibility index (Phi) is 15.6. The first-order chi connectivity index (χ1) is 67.0. The molecule has 32 aromatic rings. The number of thiophene rings is 1. The molecule has 24 aromatic carbocycles. The van der Waals surface area contributed by atoms with Crippen molar-refractivity contribution in [2.24, 2.45) is 0 Å². The van der Waals surface area contributed by atoms with Gasteiger partial charge in [-0.3, -0.25) is 0 Å². The Morgan fingerprint density at radius 1 is 0.163 bits per heavy atom.